The van der Waals surface area contributed by atoms with Crippen molar-refractivity contribution in [1.29, 1.82) is 0 Å². The van der Waals surface area contributed by atoms with E-state index in [1.54, 1.807) is 12.1 Å². The van der Waals surface area contributed by atoms with E-state index in [2.05, 4.69) is 5.32 Å². The van der Waals surface area contributed by atoms with E-state index in [0.29, 0.717) is 18.8 Å². The van der Waals surface area contributed by atoms with Gasteiger partial charge in [-0.15, -0.1) is 0 Å². The number of hydrogen-bond acceptors (Lipinski definition) is 6. The van der Waals surface area contributed by atoms with Crippen LogP contribution in [0.4, 0.5) is 10.1 Å². The second-order valence-electron chi connectivity index (χ2n) is 8.26. The largest absolute Gasteiger partial charge is 0.492 e. The maximum atomic E-state index is 14.2. The Hall–Kier alpha value is -2.70. The van der Waals surface area contributed by atoms with Crippen molar-refractivity contribution >= 4 is 31.6 Å². The average Bonchev–Trinajstić information content (AvgIpc) is 2.83. The van der Waals surface area contributed by atoms with Crippen LogP contribution in [0, 0.1) is 5.82 Å². The first-order chi connectivity index (χ1) is 16.5. The Morgan fingerprint density at radius 3 is 2.29 bits per heavy atom. The molecule has 2 aromatic carbocycles. The lowest BCUT2D eigenvalue weighted by Crippen LogP contribution is -2.48. The summed E-state index contributed by atoms with van der Waals surface area (Å²) in [7, 11) is -7.46. The van der Waals surface area contributed by atoms with E-state index in [0.717, 1.165) is 35.9 Å². The zero-order valence-corrected chi connectivity index (χ0v) is 21.3. The maximum absolute atomic E-state index is 14.2. The Morgan fingerprint density at radius 1 is 1.06 bits per heavy atom. The monoisotopic (exact) mass is 527 g/mol. The van der Waals surface area contributed by atoms with Gasteiger partial charge in [-0.25, -0.2) is 21.2 Å². The fraction of sp³-hybridized carbons (Fsp3) is 0.435. The number of halogens is 1. The van der Waals surface area contributed by atoms with Crippen molar-refractivity contribution in [1.82, 2.24) is 9.62 Å². The Balaban J connectivity index is 1.54. The van der Waals surface area contributed by atoms with Gasteiger partial charge in [0.25, 0.3) is 0 Å². The number of amides is 1. The molecule has 2 aromatic rings. The molecule has 0 radical (unpaired) electrons. The first-order valence-electron chi connectivity index (χ1n) is 11.3. The zero-order valence-electron chi connectivity index (χ0n) is 19.7. The quantitative estimate of drug-likeness (QED) is 0.475. The van der Waals surface area contributed by atoms with Crippen LogP contribution >= 0.6 is 0 Å². The molecule has 1 fully saturated rings. The van der Waals surface area contributed by atoms with Crippen LogP contribution in [0.3, 0.4) is 0 Å². The third kappa shape index (κ3) is 6.71. The summed E-state index contributed by atoms with van der Waals surface area (Å²) in [6.07, 6.45) is 3.64. The number of rotatable bonds is 10. The van der Waals surface area contributed by atoms with Gasteiger partial charge in [0, 0.05) is 13.1 Å². The smallest absolute Gasteiger partial charge is 0.243 e. The Labute approximate surface area is 206 Å². The van der Waals surface area contributed by atoms with E-state index in [-0.39, 0.29) is 23.7 Å². The molecule has 0 unspecified atom stereocenters. The van der Waals surface area contributed by atoms with E-state index in [9.17, 15) is 26.0 Å². The highest BCUT2D eigenvalue weighted by molar-refractivity contribution is 7.92. The third-order valence-electron chi connectivity index (χ3n) is 5.62. The van der Waals surface area contributed by atoms with Crippen LogP contribution in [0.1, 0.15) is 26.2 Å². The summed E-state index contributed by atoms with van der Waals surface area (Å²) in [5, 5.41) is 2.58. The highest BCUT2D eigenvalue weighted by atomic mass is 32.2. The zero-order chi connectivity index (χ0) is 25.6. The Bertz CT molecular complexity index is 1230. The molecule has 1 aliphatic heterocycles. The van der Waals surface area contributed by atoms with Crippen molar-refractivity contribution < 1.29 is 30.8 Å². The molecule has 1 amide bonds. The second-order valence-corrected chi connectivity index (χ2v) is 12.1. The van der Waals surface area contributed by atoms with Crippen LogP contribution in [0.15, 0.2) is 53.4 Å². The van der Waals surface area contributed by atoms with E-state index in [4.69, 9.17) is 4.74 Å². The lowest BCUT2D eigenvalue weighted by Gasteiger charge is -2.28. The first-order valence-corrected chi connectivity index (χ1v) is 14.6. The van der Waals surface area contributed by atoms with Crippen molar-refractivity contribution in [3.05, 3.63) is 54.3 Å². The van der Waals surface area contributed by atoms with Gasteiger partial charge in [0.15, 0.2) is 0 Å². The number of nitrogens with one attached hydrogen (secondary N) is 1. The topological polar surface area (TPSA) is 113 Å². The molecule has 1 N–H and O–H groups in total. The number of para-hydroxylation sites is 1. The normalized spacial score (nSPS) is 15.9. The number of ether oxygens (including phenoxy) is 1. The van der Waals surface area contributed by atoms with E-state index >= 15 is 0 Å². The third-order valence-corrected chi connectivity index (χ3v) is 8.77. The molecule has 0 saturated carbocycles. The highest BCUT2D eigenvalue weighted by Crippen LogP contribution is 2.24. The average molecular weight is 528 g/mol. The van der Waals surface area contributed by atoms with Crippen LogP contribution < -0.4 is 14.4 Å². The van der Waals surface area contributed by atoms with Gasteiger partial charge in [0.1, 0.15) is 24.2 Å². The van der Waals surface area contributed by atoms with Crippen molar-refractivity contribution in [2.75, 3.05) is 36.8 Å². The lowest BCUT2D eigenvalue weighted by atomic mass is 10.2. The van der Waals surface area contributed by atoms with E-state index < -0.39 is 37.8 Å². The van der Waals surface area contributed by atoms with Crippen LogP contribution in [0.5, 0.6) is 5.75 Å². The van der Waals surface area contributed by atoms with Gasteiger partial charge in [-0.1, -0.05) is 18.6 Å². The molecule has 1 saturated heterocycles. The maximum Gasteiger partial charge on any atom is 0.243 e. The number of carbonyl (C=O) groups excluding carboxylic acids is 1. The molecular weight excluding hydrogens is 497 g/mol. The summed E-state index contributed by atoms with van der Waals surface area (Å²) in [6, 6.07) is 10.2. The SMILES string of the molecule is C[C@@H](C(=O)NCCOc1ccc(S(=O)(=O)N2CCCCC2)cc1)N(c1ccccc1F)S(C)(=O)=O. The molecule has 35 heavy (non-hydrogen) atoms. The number of sulfonamides is 2. The Morgan fingerprint density at radius 2 is 1.69 bits per heavy atom. The molecule has 0 spiro atoms. The van der Waals surface area contributed by atoms with Gasteiger partial charge in [0.05, 0.1) is 23.4 Å². The van der Waals surface area contributed by atoms with Gasteiger partial charge in [-0.2, -0.15) is 4.31 Å². The van der Waals surface area contributed by atoms with Gasteiger partial charge in [0.2, 0.25) is 26.0 Å². The van der Waals surface area contributed by atoms with Gasteiger partial charge in [-0.05, 0) is 56.2 Å². The number of hydrogen-bond donors (Lipinski definition) is 1. The van der Waals surface area contributed by atoms with Gasteiger partial charge < -0.3 is 10.1 Å². The van der Waals surface area contributed by atoms with E-state index in [1.807, 2.05) is 0 Å². The number of anilines is 1. The van der Waals surface area contributed by atoms with Gasteiger partial charge in [-0.3, -0.25) is 9.10 Å². The molecule has 9 nitrogen and oxygen atoms in total. The number of piperidine rings is 1. The summed E-state index contributed by atoms with van der Waals surface area (Å²) in [5.41, 5.74) is -0.214. The lowest BCUT2D eigenvalue weighted by molar-refractivity contribution is -0.121. The number of nitrogens with zero attached hydrogens (tertiary/aromatic N) is 2. The predicted octanol–water partition coefficient (Wildman–Crippen LogP) is 2.35. The fourth-order valence-electron chi connectivity index (χ4n) is 3.86. The van der Waals surface area contributed by atoms with Crippen LogP contribution in [-0.4, -0.2) is 65.6 Å². The van der Waals surface area contributed by atoms with Gasteiger partial charge >= 0.3 is 0 Å². The molecule has 12 heteroatoms. The minimum atomic E-state index is -3.93. The van der Waals surface area contributed by atoms with Crippen molar-refractivity contribution in [2.24, 2.45) is 0 Å². The van der Waals surface area contributed by atoms with Crippen LogP contribution in [-0.2, 0) is 24.8 Å². The minimum absolute atomic E-state index is 0.0614. The summed E-state index contributed by atoms with van der Waals surface area (Å²) < 4.78 is 71.9. The van der Waals surface area contributed by atoms with Crippen molar-refractivity contribution in [2.45, 2.75) is 37.1 Å². The first kappa shape index (κ1) is 26.9. The molecule has 1 atom stereocenters. The van der Waals surface area contributed by atoms with Crippen molar-refractivity contribution in [3.63, 3.8) is 0 Å². The fourth-order valence-corrected chi connectivity index (χ4v) is 6.56. The molecule has 0 bridgehead atoms. The summed E-state index contributed by atoms with van der Waals surface area (Å²) >= 11 is 0. The van der Waals surface area contributed by atoms with E-state index in [1.165, 1.54) is 41.6 Å². The van der Waals surface area contributed by atoms with Crippen LogP contribution in [0.25, 0.3) is 0 Å². The standard InChI is InChI=1S/C23H30FN3O6S2/c1-18(27(34(2,29)30)22-9-5-4-8-21(22)24)23(28)25-14-17-33-19-10-12-20(13-11-19)35(31,32)26-15-6-3-7-16-26/h4-5,8-13,18H,3,6-7,14-17H2,1-2H3,(H,25,28)/t18-/m0/s1. The molecule has 3 rings (SSSR count). The molecule has 1 aliphatic rings. The van der Waals surface area contributed by atoms with Crippen molar-refractivity contribution in [3.8, 4) is 5.75 Å². The minimum Gasteiger partial charge on any atom is -0.492 e. The highest BCUT2D eigenvalue weighted by Gasteiger charge is 2.31. The molecule has 1 heterocycles. The molecular formula is C23H30FN3O6S2. The molecule has 192 valence electrons. The molecule has 0 aromatic heterocycles. The number of carbonyl (C=O) groups is 1. The Kier molecular flexibility index (Phi) is 8.73. The second kappa shape index (κ2) is 11.4. The summed E-state index contributed by atoms with van der Waals surface area (Å²) in [6.45, 7) is 2.53. The predicted molar refractivity (Wildman–Crippen MR) is 131 cm³/mol. The number of benzene rings is 2. The van der Waals surface area contributed by atoms with Crippen LogP contribution in [0.2, 0.25) is 0 Å². The molecule has 0 aliphatic carbocycles. The summed E-state index contributed by atoms with van der Waals surface area (Å²) in [5.74, 6) is -0.953. The summed E-state index contributed by atoms with van der Waals surface area (Å²) in [4.78, 5) is 12.8.